The van der Waals surface area contributed by atoms with Gasteiger partial charge >= 0.3 is 0 Å². The number of hydrogen-bond acceptors (Lipinski definition) is 2. The third-order valence-corrected chi connectivity index (χ3v) is 4.71. The van der Waals surface area contributed by atoms with E-state index in [0.29, 0.717) is 16.7 Å². The normalized spacial score (nSPS) is 11.6. The quantitative estimate of drug-likeness (QED) is 0.933. The molecular formula is C14H12ClF2NO2S. The van der Waals surface area contributed by atoms with E-state index in [9.17, 15) is 17.2 Å². The maximum Gasteiger partial charge on any atom is 0.240 e. The van der Waals surface area contributed by atoms with Crippen molar-refractivity contribution in [1.29, 1.82) is 0 Å². The summed E-state index contributed by atoms with van der Waals surface area (Å²) in [4.78, 5) is -0.334. The van der Waals surface area contributed by atoms with Crippen LogP contribution in [0, 0.1) is 18.6 Å². The summed E-state index contributed by atoms with van der Waals surface area (Å²) in [5.41, 5.74) is 1.54. The summed E-state index contributed by atoms with van der Waals surface area (Å²) in [5.74, 6) is -2.31. The molecule has 112 valence electrons. The molecule has 0 aromatic heterocycles. The summed E-state index contributed by atoms with van der Waals surface area (Å²) < 4.78 is 52.2. The van der Waals surface area contributed by atoms with Crippen molar-refractivity contribution < 1.29 is 17.2 Å². The van der Waals surface area contributed by atoms with Crippen LogP contribution < -0.4 is 4.72 Å². The Morgan fingerprint density at radius 2 is 1.81 bits per heavy atom. The van der Waals surface area contributed by atoms with Crippen molar-refractivity contribution in [2.75, 3.05) is 0 Å². The number of hydrogen-bond donors (Lipinski definition) is 1. The van der Waals surface area contributed by atoms with Crippen molar-refractivity contribution in [3.8, 4) is 0 Å². The Morgan fingerprint density at radius 3 is 2.43 bits per heavy atom. The minimum atomic E-state index is -3.92. The number of halogens is 3. The summed E-state index contributed by atoms with van der Waals surface area (Å²) in [7, 11) is -3.92. The van der Waals surface area contributed by atoms with Gasteiger partial charge in [-0.15, -0.1) is 0 Å². The molecule has 0 aliphatic heterocycles. The van der Waals surface area contributed by atoms with Gasteiger partial charge in [0.1, 0.15) is 0 Å². The maximum atomic E-state index is 13.1. The first-order valence-electron chi connectivity index (χ1n) is 5.99. The second-order valence-electron chi connectivity index (χ2n) is 4.48. The molecule has 0 saturated carbocycles. The number of sulfonamides is 1. The molecule has 0 aliphatic carbocycles. The second kappa shape index (κ2) is 6.09. The van der Waals surface area contributed by atoms with E-state index in [1.165, 1.54) is 0 Å². The molecule has 0 saturated heterocycles. The highest BCUT2D eigenvalue weighted by atomic mass is 35.5. The molecule has 21 heavy (non-hydrogen) atoms. The van der Waals surface area contributed by atoms with Crippen LogP contribution in [-0.2, 0) is 16.6 Å². The Bertz CT molecular complexity index is 779. The minimum Gasteiger partial charge on any atom is -0.207 e. The fourth-order valence-electron chi connectivity index (χ4n) is 1.65. The summed E-state index contributed by atoms with van der Waals surface area (Å²) in [6, 6.07) is 7.55. The van der Waals surface area contributed by atoms with Crippen LogP contribution in [0.4, 0.5) is 8.78 Å². The monoisotopic (exact) mass is 331 g/mol. The molecule has 0 radical (unpaired) electrons. The molecule has 2 rings (SSSR count). The predicted octanol–water partition coefficient (Wildman–Crippen LogP) is 3.41. The largest absolute Gasteiger partial charge is 0.240 e. The molecule has 0 fully saturated rings. The fourth-order valence-corrected chi connectivity index (χ4v) is 2.88. The van der Waals surface area contributed by atoms with Crippen LogP contribution in [0.15, 0.2) is 41.3 Å². The third-order valence-electron chi connectivity index (χ3n) is 2.90. The van der Waals surface area contributed by atoms with Gasteiger partial charge < -0.3 is 0 Å². The Balaban J connectivity index is 2.17. The zero-order valence-corrected chi connectivity index (χ0v) is 12.6. The number of aryl methyl sites for hydroxylation is 1. The Morgan fingerprint density at radius 1 is 1.10 bits per heavy atom. The molecule has 0 spiro atoms. The van der Waals surface area contributed by atoms with Gasteiger partial charge in [-0.25, -0.2) is 21.9 Å². The van der Waals surface area contributed by atoms with Gasteiger partial charge in [0, 0.05) is 11.6 Å². The maximum absolute atomic E-state index is 13.1. The highest BCUT2D eigenvalue weighted by Crippen LogP contribution is 2.18. The van der Waals surface area contributed by atoms with Crippen LogP contribution in [0.2, 0.25) is 5.02 Å². The molecule has 3 nitrogen and oxygen atoms in total. The highest BCUT2D eigenvalue weighted by molar-refractivity contribution is 7.89. The van der Waals surface area contributed by atoms with Crippen molar-refractivity contribution in [2.24, 2.45) is 0 Å². The van der Waals surface area contributed by atoms with Crippen LogP contribution in [0.5, 0.6) is 0 Å². The lowest BCUT2D eigenvalue weighted by Gasteiger charge is -2.08. The van der Waals surface area contributed by atoms with Crippen LogP contribution in [-0.4, -0.2) is 8.42 Å². The third kappa shape index (κ3) is 3.78. The number of benzene rings is 2. The summed E-state index contributed by atoms with van der Waals surface area (Å²) >= 11 is 5.95. The van der Waals surface area contributed by atoms with Crippen molar-refractivity contribution in [1.82, 2.24) is 4.72 Å². The SMILES string of the molecule is Cc1ccc(CNS(=O)(=O)c2ccc(F)c(F)c2)cc1Cl. The molecule has 0 aliphatic rings. The average molecular weight is 332 g/mol. The molecule has 0 heterocycles. The van der Waals surface area contributed by atoms with Crippen molar-refractivity contribution in [3.05, 3.63) is 64.2 Å². The fraction of sp³-hybridized carbons (Fsp3) is 0.143. The van der Waals surface area contributed by atoms with E-state index < -0.39 is 21.7 Å². The Kier molecular flexibility index (Phi) is 4.61. The van der Waals surface area contributed by atoms with Gasteiger partial charge in [0.05, 0.1) is 4.90 Å². The van der Waals surface area contributed by atoms with Gasteiger partial charge in [0.2, 0.25) is 10.0 Å². The van der Waals surface area contributed by atoms with Gasteiger partial charge in [-0.3, -0.25) is 0 Å². The molecule has 0 amide bonds. The van der Waals surface area contributed by atoms with E-state index in [1.807, 2.05) is 6.92 Å². The molecule has 2 aromatic rings. The van der Waals surface area contributed by atoms with E-state index in [2.05, 4.69) is 4.72 Å². The summed E-state index contributed by atoms with van der Waals surface area (Å²) in [6.07, 6.45) is 0. The van der Waals surface area contributed by atoms with Gasteiger partial charge in [0.15, 0.2) is 11.6 Å². The smallest absolute Gasteiger partial charge is 0.207 e. The molecule has 7 heteroatoms. The van der Waals surface area contributed by atoms with Crippen LogP contribution in [0.1, 0.15) is 11.1 Å². The van der Waals surface area contributed by atoms with Crippen molar-refractivity contribution >= 4 is 21.6 Å². The highest BCUT2D eigenvalue weighted by Gasteiger charge is 2.16. The topological polar surface area (TPSA) is 46.2 Å². The summed E-state index contributed by atoms with van der Waals surface area (Å²) in [5, 5.41) is 0.527. The van der Waals surface area contributed by atoms with E-state index in [0.717, 1.165) is 17.7 Å². The standard InChI is InChI=1S/C14H12ClF2NO2S/c1-9-2-3-10(6-12(9)15)8-18-21(19,20)11-4-5-13(16)14(17)7-11/h2-7,18H,8H2,1H3. The van der Waals surface area contributed by atoms with Crippen molar-refractivity contribution in [3.63, 3.8) is 0 Å². The van der Waals surface area contributed by atoms with Crippen LogP contribution >= 0.6 is 11.6 Å². The molecule has 2 aromatic carbocycles. The first-order chi connectivity index (χ1) is 9.79. The predicted molar refractivity (Wildman–Crippen MR) is 76.6 cm³/mol. The Labute approximate surface area is 126 Å². The molecule has 0 unspecified atom stereocenters. The van der Waals surface area contributed by atoms with Gasteiger partial charge in [-0.05, 0) is 42.3 Å². The zero-order chi connectivity index (χ0) is 15.6. The van der Waals surface area contributed by atoms with Crippen LogP contribution in [0.25, 0.3) is 0 Å². The summed E-state index contributed by atoms with van der Waals surface area (Å²) in [6.45, 7) is 1.83. The van der Waals surface area contributed by atoms with Crippen molar-refractivity contribution in [2.45, 2.75) is 18.4 Å². The first-order valence-corrected chi connectivity index (χ1v) is 7.85. The zero-order valence-electron chi connectivity index (χ0n) is 11.0. The van der Waals surface area contributed by atoms with Crippen LogP contribution in [0.3, 0.4) is 0 Å². The van der Waals surface area contributed by atoms with E-state index in [1.54, 1.807) is 18.2 Å². The lowest BCUT2D eigenvalue weighted by Crippen LogP contribution is -2.23. The lowest BCUT2D eigenvalue weighted by atomic mass is 10.1. The first kappa shape index (κ1) is 15.9. The van der Waals surface area contributed by atoms with E-state index in [-0.39, 0.29) is 11.4 Å². The number of nitrogens with one attached hydrogen (secondary N) is 1. The van der Waals surface area contributed by atoms with Gasteiger partial charge in [0.25, 0.3) is 0 Å². The van der Waals surface area contributed by atoms with Gasteiger partial charge in [-0.1, -0.05) is 23.7 Å². The molecule has 0 atom stereocenters. The second-order valence-corrected chi connectivity index (χ2v) is 6.66. The molecule has 0 bridgehead atoms. The molecule has 1 N–H and O–H groups in total. The average Bonchev–Trinajstić information content (AvgIpc) is 2.43. The molecular weight excluding hydrogens is 320 g/mol. The van der Waals surface area contributed by atoms with E-state index >= 15 is 0 Å². The van der Waals surface area contributed by atoms with E-state index in [4.69, 9.17) is 11.6 Å². The lowest BCUT2D eigenvalue weighted by molar-refractivity contribution is 0.504. The Hall–Kier alpha value is -1.50. The number of rotatable bonds is 4. The minimum absolute atomic E-state index is 0.00132. The van der Waals surface area contributed by atoms with Gasteiger partial charge in [-0.2, -0.15) is 0 Å².